The van der Waals surface area contributed by atoms with Crippen molar-refractivity contribution < 1.29 is 5.11 Å². The number of nitrogens with zero attached hydrogens (tertiary/aromatic N) is 2. The van der Waals surface area contributed by atoms with Crippen LogP contribution in [0.25, 0.3) is 10.9 Å². The van der Waals surface area contributed by atoms with Crippen molar-refractivity contribution in [3.8, 4) is 0 Å². The molecule has 1 heterocycles. The third-order valence-electron chi connectivity index (χ3n) is 3.63. The maximum atomic E-state index is 9.54. The number of aliphatic hydroxyl groups excluding tert-OH is 1. The average molecular weight is 322 g/mol. The van der Waals surface area contributed by atoms with Gasteiger partial charge in [-0.05, 0) is 43.9 Å². The molecule has 0 aliphatic heterocycles. The van der Waals surface area contributed by atoms with E-state index < -0.39 is 0 Å². The Morgan fingerprint density at radius 2 is 1.95 bits per heavy atom. The summed E-state index contributed by atoms with van der Waals surface area (Å²) in [4.78, 5) is 8.63. The van der Waals surface area contributed by atoms with Crippen molar-refractivity contribution >= 4 is 32.7 Å². The lowest BCUT2D eigenvalue weighted by molar-refractivity contribution is 0.126. The minimum Gasteiger partial charge on any atom is -0.393 e. The summed E-state index contributed by atoms with van der Waals surface area (Å²) in [6.45, 7) is 0. The first-order chi connectivity index (χ1) is 9.22. The molecule has 0 amide bonds. The van der Waals surface area contributed by atoms with E-state index in [0.717, 1.165) is 46.9 Å². The minimum absolute atomic E-state index is 0.130. The number of benzene rings is 1. The Kier molecular flexibility index (Phi) is 3.66. The molecule has 3 rings (SSSR count). The van der Waals surface area contributed by atoms with E-state index in [1.807, 2.05) is 18.2 Å². The Morgan fingerprint density at radius 1 is 1.16 bits per heavy atom. The minimum atomic E-state index is -0.130. The summed E-state index contributed by atoms with van der Waals surface area (Å²) in [5, 5.41) is 14.1. The first kappa shape index (κ1) is 12.8. The molecule has 0 bridgehead atoms. The fraction of sp³-hybridized carbons (Fsp3) is 0.429. The second kappa shape index (κ2) is 5.43. The zero-order valence-corrected chi connectivity index (χ0v) is 12.1. The summed E-state index contributed by atoms with van der Waals surface area (Å²) in [5.41, 5.74) is 0.941. The topological polar surface area (TPSA) is 58.0 Å². The third-order valence-corrected chi connectivity index (χ3v) is 4.13. The molecular formula is C14H16BrN3O. The maximum absolute atomic E-state index is 9.54. The summed E-state index contributed by atoms with van der Waals surface area (Å²) >= 11 is 3.48. The van der Waals surface area contributed by atoms with Gasteiger partial charge in [0.05, 0.1) is 11.6 Å². The maximum Gasteiger partial charge on any atom is 0.137 e. The van der Waals surface area contributed by atoms with E-state index in [9.17, 15) is 5.11 Å². The lowest BCUT2D eigenvalue weighted by Gasteiger charge is -2.26. The molecule has 0 atom stereocenters. The van der Waals surface area contributed by atoms with Gasteiger partial charge in [-0.3, -0.25) is 0 Å². The number of hydrogen-bond acceptors (Lipinski definition) is 4. The molecule has 1 aliphatic carbocycles. The first-order valence-corrected chi connectivity index (χ1v) is 7.36. The standard InChI is InChI=1S/C14H16BrN3O/c15-9-1-6-13-12(7-9)14(17-8-16-13)18-10-2-4-11(19)5-3-10/h1,6-8,10-11,19H,2-5H2,(H,16,17,18). The number of anilines is 1. The zero-order valence-electron chi connectivity index (χ0n) is 10.5. The smallest absolute Gasteiger partial charge is 0.137 e. The van der Waals surface area contributed by atoms with Crippen LogP contribution in [0, 0.1) is 0 Å². The fourth-order valence-electron chi connectivity index (χ4n) is 2.56. The van der Waals surface area contributed by atoms with Gasteiger partial charge < -0.3 is 10.4 Å². The number of aliphatic hydroxyl groups is 1. The second-order valence-corrected chi connectivity index (χ2v) is 5.95. The predicted molar refractivity (Wildman–Crippen MR) is 79.1 cm³/mol. The molecule has 1 aliphatic rings. The van der Waals surface area contributed by atoms with Gasteiger partial charge in [-0.25, -0.2) is 9.97 Å². The van der Waals surface area contributed by atoms with Crippen LogP contribution in [0.2, 0.25) is 0 Å². The van der Waals surface area contributed by atoms with Crippen molar-refractivity contribution in [1.29, 1.82) is 0 Å². The van der Waals surface area contributed by atoms with Crippen molar-refractivity contribution in [2.24, 2.45) is 0 Å². The molecule has 5 heteroatoms. The highest BCUT2D eigenvalue weighted by Gasteiger charge is 2.20. The van der Waals surface area contributed by atoms with Crippen LogP contribution in [0.15, 0.2) is 29.0 Å². The van der Waals surface area contributed by atoms with Crippen LogP contribution in [0.3, 0.4) is 0 Å². The number of fused-ring (bicyclic) bond motifs is 1. The van der Waals surface area contributed by atoms with E-state index in [4.69, 9.17) is 0 Å². The van der Waals surface area contributed by atoms with Gasteiger partial charge >= 0.3 is 0 Å². The quantitative estimate of drug-likeness (QED) is 0.892. The molecule has 0 radical (unpaired) electrons. The van der Waals surface area contributed by atoms with E-state index in [1.54, 1.807) is 6.33 Å². The second-order valence-electron chi connectivity index (χ2n) is 5.03. The number of halogens is 1. The van der Waals surface area contributed by atoms with E-state index in [1.165, 1.54) is 0 Å². The lowest BCUT2D eigenvalue weighted by atomic mass is 9.93. The van der Waals surface area contributed by atoms with Gasteiger partial charge in [0.1, 0.15) is 12.1 Å². The molecule has 4 nitrogen and oxygen atoms in total. The molecule has 0 unspecified atom stereocenters. The van der Waals surface area contributed by atoms with Crippen molar-refractivity contribution in [1.82, 2.24) is 9.97 Å². The number of aromatic nitrogens is 2. The van der Waals surface area contributed by atoms with Crippen molar-refractivity contribution in [3.63, 3.8) is 0 Å². The fourth-order valence-corrected chi connectivity index (χ4v) is 2.92. The highest BCUT2D eigenvalue weighted by Crippen LogP contribution is 2.26. The molecule has 0 spiro atoms. The highest BCUT2D eigenvalue weighted by atomic mass is 79.9. The molecule has 19 heavy (non-hydrogen) atoms. The van der Waals surface area contributed by atoms with Gasteiger partial charge in [-0.2, -0.15) is 0 Å². The van der Waals surface area contributed by atoms with Gasteiger partial charge in [-0.15, -0.1) is 0 Å². The molecule has 2 N–H and O–H groups in total. The van der Waals surface area contributed by atoms with Gasteiger partial charge in [-0.1, -0.05) is 15.9 Å². The largest absolute Gasteiger partial charge is 0.393 e. The monoisotopic (exact) mass is 321 g/mol. The summed E-state index contributed by atoms with van der Waals surface area (Å²) in [5.74, 6) is 0.882. The number of nitrogens with one attached hydrogen (secondary N) is 1. The van der Waals surface area contributed by atoms with Crippen LogP contribution in [-0.2, 0) is 0 Å². The molecule has 100 valence electrons. The van der Waals surface area contributed by atoms with Crippen LogP contribution in [0.1, 0.15) is 25.7 Å². The van der Waals surface area contributed by atoms with Crippen molar-refractivity contribution in [3.05, 3.63) is 29.0 Å². The van der Waals surface area contributed by atoms with Crippen molar-refractivity contribution in [2.45, 2.75) is 37.8 Å². The summed E-state index contributed by atoms with van der Waals surface area (Å²) in [6.07, 6.45) is 5.17. The first-order valence-electron chi connectivity index (χ1n) is 6.57. The summed E-state index contributed by atoms with van der Waals surface area (Å²) in [7, 11) is 0. The molecular weight excluding hydrogens is 306 g/mol. The molecule has 2 aromatic rings. The summed E-state index contributed by atoms with van der Waals surface area (Å²) < 4.78 is 1.02. The van der Waals surface area contributed by atoms with Crippen molar-refractivity contribution in [2.75, 3.05) is 5.32 Å². The van der Waals surface area contributed by atoms with E-state index in [-0.39, 0.29) is 6.10 Å². The molecule has 1 aromatic heterocycles. The molecule has 1 aromatic carbocycles. The third kappa shape index (κ3) is 2.87. The SMILES string of the molecule is OC1CCC(Nc2ncnc3ccc(Br)cc23)CC1. The number of rotatable bonds is 2. The van der Waals surface area contributed by atoms with Crippen LogP contribution in [-0.4, -0.2) is 27.2 Å². The normalized spacial score (nSPS) is 23.5. The highest BCUT2D eigenvalue weighted by molar-refractivity contribution is 9.10. The van der Waals surface area contributed by atoms with E-state index in [0.29, 0.717) is 6.04 Å². The molecule has 1 fully saturated rings. The predicted octanol–water partition coefficient (Wildman–Crippen LogP) is 3.11. The van der Waals surface area contributed by atoms with Crippen LogP contribution >= 0.6 is 15.9 Å². The van der Waals surface area contributed by atoms with Gasteiger partial charge in [0, 0.05) is 15.9 Å². The average Bonchev–Trinajstić information content (AvgIpc) is 2.42. The van der Waals surface area contributed by atoms with Crippen LogP contribution < -0.4 is 5.32 Å². The zero-order chi connectivity index (χ0) is 13.2. The number of hydrogen-bond donors (Lipinski definition) is 2. The molecule has 1 saturated carbocycles. The van der Waals surface area contributed by atoms with Gasteiger partial charge in [0.2, 0.25) is 0 Å². The Labute approximate surface area is 120 Å². The Balaban J connectivity index is 1.86. The van der Waals surface area contributed by atoms with E-state index >= 15 is 0 Å². The lowest BCUT2D eigenvalue weighted by Crippen LogP contribution is -2.28. The van der Waals surface area contributed by atoms with Crippen LogP contribution in [0.5, 0.6) is 0 Å². The summed E-state index contributed by atoms with van der Waals surface area (Å²) in [6, 6.07) is 6.39. The van der Waals surface area contributed by atoms with Crippen LogP contribution in [0.4, 0.5) is 5.82 Å². The Bertz CT molecular complexity index is 582. The Hall–Kier alpha value is -1.20. The Morgan fingerprint density at radius 3 is 2.74 bits per heavy atom. The molecule has 0 saturated heterocycles. The van der Waals surface area contributed by atoms with Gasteiger partial charge in [0.15, 0.2) is 0 Å². The van der Waals surface area contributed by atoms with E-state index in [2.05, 4.69) is 31.2 Å². The van der Waals surface area contributed by atoms with Gasteiger partial charge in [0.25, 0.3) is 0 Å².